The van der Waals surface area contributed by atoms with E-state index in [9.17, 15) is 0 Å². The Morgan fingerprint density at radius 1 is 0.750 bits per heavy atom. The molecule has 0 radical (unpaired) electrons. The van der Waals surface area contributed by atoms with Crippen LogP contribution >= 0.6 is 0 Å². The molecule has 1 aliphatic heterocycles. The summed E-state index contributed by atoms with van der Waals surface area (Å²) in [4.78, 5) is 0. The first kappa shape index (κ1) is 14.0. The van der Waals surface area contributed by atoms with Crippen LogP contribution in [0.1, 0.15) is 72.1 Å². The molecule has 0 aromatic carbocycles. The molecule has 96 valence electrons. The van der Waals surface area contributed by atoms with Gasteiger partial charge in [0, 0.05) is 0 Å². The second-order valence-electron chi connectivity index (χ2n) is 5.02. The lowest BCUT2D eigenvalue weighted by atomic mass is 10.1. The molecule has 0 bridgehead atoms. The monoisotopic (exact) mass is 228 g/mol. The summed E-state index contributed by atoms with van der Waals surface area (Å²) in [7, 11) is 0. The Morgan fingerprint density at radius 3 is 1.81 bits per heavy atom. The molecule has 1 heterocycles. The van der Waals surface area contributed by atoms with Crippen molar-refractivity contribution < 1.29 is 9.47 Å². The average molecular weight is 228 g/mol. The van der Waals surface area contributed by atoms with Crippen molar-refractivity contribution in [2.45, 2.75) is 90.6 Å². The lowest BCUT2D eigenvalue weighted by Gasteiger charge is -2.09. The van der Waals surface area contributed by atoms with Gasteiger partial charge in [0.05, 0.1) is 12.2 Å². The Hall–Kier alpha value is -0.0800. The lowest BCUT2D eigenvalue weighted by molar-refractivity contribution is -0.0681. The van der Waals surface area contributed by atoms with Crippen LogP contribution in [-0.2, 0) is 9.47 Å². The molecule has 0 amide bonds. The summed E-state index contributed by atoms with van der Waals surface area (Å²) in [6.07, 6.45) is 11.2. The van der Waals surface area contributed by atoms with Crippen molar-refractivity contribution in [1.29, 1.82) is 0 Å². The summed E-state index contributed by atoms with van der Waals surface area (Å²) in [6.45, 7) is 6.45. The third-order valence-corrected chi connectivity index (χ3v) is 3.44. The average Bonchev–Trinajstić information content (AvgIpc) is 2.57. The zero-order valence-corrected chi connectivity index (χ0v) is 11.2. The first-order valence-electron chi connectivity index (χ1n) is 7.05. The topological polar surface area (TPSA) is 18.5 Å². The van der Waals surface area contributed by atoms with Gasteiger partial charge in [-0.25, -0.2) is 0 Å². The zero-order chi connectivity index (χ0) is 11.8. The quantitative estimate of drug-likeness (QED) is 0.577. The third kappa shape index (κ3) is 5.31. The first-order valence-corrected chi connectivity index (χ1v) is 7.05. The molecular formula is C14H28O2. The van der Waals surface area contributed by atoms with Crippen molar-refractivity contribution >= 4 is 0 Å². The molecule has 0 aliphatic carbocycles. The van der Waals surface area contributed by atoms with Crippen LogP contribution in [0, 0.1) is 0 Å². The van der Waals surface area contributed by atoms with Crippen molar-refractivity contribution in [3.8, 4) is 0 Å². The molecule has 2 nitrogen and oxygen atoms in total. The van der Waals surface area contributed by atoms with Crippen molar-refractivity contribution in [1.82, 2.24) is 0 Å². The molecule has 0 aromatic rings. The molecule has 16 heavy (non-hydrogen) atoms. The lowest BCUT2D eigenvalue weighted by Crippen LogP contribution is -2.13. The van der Waals surface area contributed by atoms with E-state index in [1.165, 1.54) is 44.9 Å². The van der Waals surface area contributed by atoms with Gasteiger partial charge in [0.25, 0.3) is 0 Å². The Bertz CT molecular complexity index is 160. The van der Waals surface area contributed by atoms with Gasteiger partial charge in [0.1, 0.15) is 0 Å². The molecule has 0 aromatic heterocycles. The van der Waals surface area contributed by atoms with Gasteiger partial charge in [-0.15, -0.1) is 0 Å². The van der Waals surface area contributed by atoms with E-state index in [2.05, 4.69) is 20.8 Å². The highest BCUT2D eigenvalue weighted by atomic mass is 16.7. The number of unbranched alkanes of at least 4 members (excludes halogenated alkanes) is 6. The summed E-state index contributed by atoms with van der Waals surface area (Å²) in [5.74, 6) is 0. The molecule has 0 N–H and O–H groups in total. The number of hydrogen-bond acceptors (Lipinski definition) is 2. The minimum absolute atomic E-state index is 0.0700. The van der Waals surface area contributed by atoms with E-state index >= 15 is 0 Å². The minimum Gasteiger partial charge on any atom is -0.347 e. The third-order valence-electron chi connectivity index (χ3n) is 3.44. The fourth-order valence-electron chi connectivity index (χ4n) is 2.14. The van der Waals surface area contributed by atoms with Crippen LogP contribution in [0.15, 0.2) is 0 Å². The maximum Gasteiger partial charge on any atom is 0.158 e. The summed E-state index contributed by atoms with van der Waals surface area (Å²) in [6, 6.07) is 0. The maximum atomic E-state index is 5.70. The van der Waals surface area contributed by atoms with E-state index in [4.69, 9.17) is 9.47 Å². The van der Waals surface area contributed by atoms with E-state index in [0.717, 1.165) is 6.42 Å². The van der Waals surface area contributed by atoms with Gasteiger partial charge in [0.15, 0.2) is 6.29 Å². The van der Waals surface area contributed by atoms with Crippen LogP contribution in [0.3, 0.4) is 0 Å². The van der Waals surface area contributed by atoms with Crippen LogP contribution in [-0.4, -0.2) is 18.5 Å². The highest BCUT2D eigenvalue weighted by Crippen LogP contribution is 2.22. The number of hydrogen-bond donors (Lipinski definition) is 0. The minimum atomic E-state index is 0.0700. The summed E-state index contributed by atoms with van der Waals surface area (Å²) in [5.41, 5.74) is 0. The Balaban J connectivity index is 1.88. The standard InChI is InChI=1S/C14H28O2/c1-4-5-6-7-8-9-10-11-14-15-12(2)13(3)16-14/h12-14H,4-11H2,1-3H3/t12-,13-/m1/s1. The van der Waals surface area contributed by atoms with Crippen LogP contribution in [0.4, 0.5) is 0 Å². The van der Waals surface area contributed by atoms with E-state index in [1.807, 2.05) is 0 Å². The molecule has 2 atom stereocenters. The molecule has 1 aliphatic rings. The van der Waals surface area contributed by atoms with Gasteiger partial charge in [-0.05, 0) is 26.7 Å². The van der Waals surface area contributed by atoms with Gasteiger partial charge in [0.2, 0.25) is 0 Å². The summed E-state index contributed by atoms with van der Waals surface area (Å²) in [5, 5.41) is 0. The van der Waals surface area contributed by atoms with Crippen molar-refractivity contribution in [3.05, 3.63) is 0 Å². The number of rotatable bonds is 8. The van der Waals surface area contributed by atoms with Gasteiger partial charge in [-0.2, -0.15) is 0 Å². The first-order chi connectivity index (χ1) is 7.74. The molecular weight excluding hydrogens is 200 g/mol. The molecule has 0 spiro atoms. The zero-order valence-electron chi connectivity index (χ0n) is 11.2. The van der Waals surface area contributed by atoms with Crippen molar-refractivity contribution in [2.24, 2.45) is 0 Å². The SMILES string of the molecule is CCCCCCCCCC1O[C@H](C)[C@@H](C)O1. The van der Waals surface area contributed by atoms with Gasteiger partial charge in [-0.1, -0.05) is 45.4 Å². The van der Waals surface area contributed by atoms with E-state index in [-0.39, 0.29) is 18.5 Å². The molecule has 1 saturated heterocycles. The van der Waals surface area contributed by atoms with E-state index in [0.29, 0.717) is 0 Å². The fraction of sp³-hybridized carbons (Fsp3) is 1.00. The predicted molar refractivity (Wildman–Crippen MR) is 67.5 cm³/mol. The second kappa shape index (κ2) is 8.08. The predicted octanol–water partition coefficient (Wildman–Crippen LogP) is 4.28. The summed E-state index contributed by atoms with van der Waals surface area (Å²) < 4.78 is 11.4. The smallest absolute Gasteiger partial charge is 0.158 e. The number of ether oxygens (including phenoxy) is 2. The van der Waals surface area contributed by atoms with Crippen LogP contribution in [0.25, 0.3) is 0 Å². The molecule has 2 heteroatoms. The largest absolute Gasteiger partial charge is 0.347 e. The van der Waals surface area contributed by atoms with Crippen molar-refractivity contribution in [2.75, 3.05) is 0 Å². The Kier molecular flexibility index (Phi) is 7.06. The second-order valence-corrected chi connectivity index (χ2v) is 5.02. The highest BCUT2D eigenvalue weighted by molar-refractivity contribution is 4.69. The summed E-state index contributed by atoms with van der Waals surface area (Å²) >= 11 is 0. The van der Waals surface area contributed by atoms with Crippen molar-refractivity contribution in [3.63, 3.8) is 0 Å². The van der Waals surface area contributed by atoms with Gasteiger partial charge < -0.3 is 9.47 Å². The molecule has 1 fully saturated rings. The van der Waals surface area contributed by atoms with E-state index in [1.54, 1.807) is 0 Å². The maximum absolute atomic E-state index is 5.70. The highest BCUT2D eigenvalue weighted by Gasteiger charge is 2.28. The van der Waals surface area contributed by atoms with Crippen LogP contribution in [0.2, 0.25) is 0 Å². The normalized spacial score (nSPS) is 26.4. The van der Waals surface area contributed by atoms with Crippen LogP contribution < -0.4 is 0 Å². The van der Waals surface area contributed by atoms with Crippen LogP contribution in [0.5, 0.6) is 0 Å². The molecule has 1 rings (SSSR count). The Labute approximate surface area is 101 Å². The van der Waals surface area contributed by atoms with Gasteiger partial charge in [-0.3, -0.25) is 0 Å². The van der Waals surface area contributed by atoms with Gasteiger partial charge >= 0.3 is 0 Å². The van der Waals surface area contributed by atoms with E-state index < -0.39 is 0 Å². The Morgan fingerprint density at radius 2 is 1.25 bits per heavy atom. The molecule has 0 unspecified atom stereocenters. The fourth-order valence-corrected chi connectivity index (χ4v) is 2.14. The molecule has 0 saturated carbocycles.